The van der Waals surface area contributed by atoms with Crippen molar-refractivity contribution in [2.45, 2.75) is 25.9 Å². The lowest BCUT2D eigenvalue weighted by Gasteiger charge is -2.32. The van der Waals surface area contributed by atoms with Crippen LogP contribution < -0.4 is 9.62 Å². The molecule has 2 rings (SSSR count). The first-order chi connectivity index (χ1) is 15.0. The Morgan fingerprint density at radius 2 is 1.66 bits per heavy atom. The van der Waals surface area contributed by atoms with E-state index >= 15 is 0 Å². The van der Waals surface area contributed by atoms with E-state index in [1.165, 1.54) is 36.2 Å². The lowest BCUT2D eigenvalue weighted by molar-refractivity contribution is -0.140. The van der Waals surface area contributed by atoms with Gasteiger partial charge in [-0.25, -0.2) is 8.42 Å². The summed E-state index contributed by atoms with van der Waals surface area (Å²) >= 11 is 18.0. The van der Waals surface area contributed by atoms with Gasteiger partial charge in [-0.3, -0.25) is 13.9 Å². The van der Waals surface area contributed by atoms with Gasteiger partial charge in [0.25, 0.3) is 0 Å². The Morgan fingerprint density at radius 1 is 1.03 bits per heavy atom. The highest BCUT2D eigenvalue weighted by Crippen LogP contribution is 2.25. The number of halogens is 3. The Morgan fingerprint density at radius 3 is 2.16 bits per heavy atom. The van der Waals surface area contributed by atoms with Gasteiger partial charge in [0, 0.05) is 18.6 Å². The highest BCUT2D eigenvalue weighted by atomic mass is 35.5. The smallest absolute Gasteiger partial charge is 0.244 e. The molecule has 2 aromatic rings. The fourth-order valence-electron chi connectivity index (χ4n) is 3.14. The molecule has 1 N–H and O–H groups in total. The zero-order valence-corrected chi connectivity index (χ0v) is 20.9. The summed E-state index contributed by atoms with van der Waals surface area (Å²) in [4.78, 5) is 27.2. The van der Waals surface area contributed by atoms with Gasteiger partial charge in [-0.1, -0.05) is 47.8 Å². The van der Waals surface area contributed by atoms with Crippen molar-refractivity contribution in [3.63, 3.8) is 0 Å². The van der Waals surface area contributed by atoms with Gasteiger partial charge in [-0.2, -0.15) is 0 Å². The number of amides is 2. The number of anilines is 1. The minimum Gasteiger partial charge on any atom is -0.357 e. The van der Waals surface area contributed by atoms with E-state index in [9.17, 15) is 18.0 Å². The number of hydrogen-bond donors (Lipinski definition) is 1. The monoisotopic (exact) mass is 519 g/mol. The summed E-state index contributed by atoms with van der Waals surface area (Å²) in [6, 6.07) is 10.2. The maximum Gasteiger partial charge on any atom is 0.244 e. The van der Waals surface area contributed by atoms with Gasteiger partial charge >= 0.3 is 0 Å². The molecule has 174 valence electrons. The number of carbonyl (C=O) groups is 2. The molecule has 2 aromatic carbocycles. The predicted molar refractivity (Wildman–Crippen MR) is 129 cm³/mol. The standard InChI is InChI=1S/C21H24Cl3N3O4S/c1-4-19(21(29)25-2)26(12-14-5-10-17(23)18(24)11-14)20(28)13-27(32(3,30)31)16-8-6-15(22)7-9-16/h5-11,19H,4,12-13H2,1-3H3,(H,25,29). The van der Waals surface area contributed by atoms with E-state index < -0.39 is 28.5 Å². The molecule has 0 spiro atoms. The predicted octanol–water partition coefficient (Wildman–Crippen LogP) is 3.97. The first-order valence-corrected chi connectivity index (χ1v) is 12.6. The van der Waals surface area contributed by atoms with Crippen LogP contribution in [0, 0.1) is 0 Å². The van der Waals surface area contributed by atoms with Crippen molar-refractivity contribution in [1.29, 1.82) is 0 Å². The molecule has 0 fully saturated rings. The molecule has 0 heterocycles. The molecular formula is C21H24Cl3N3O4S. The molecule has 1 unspecified atom stereocenters. The SMILES string of the molecule is CCC(C(=O)NC)N(Cc1ccc(Cl)c(Cl)c1)C(=O)CN(c1ccc(Cl)cc1)S(C)(=O)=O. The number of likely N-dealkylation sites (N-methyl/N-ethyl adjacent to an activating group) is 1. The topological polar surface area (TPSA) is 86.8 Å². The van der Waals surface area contributed by atoms with Gasteiger partial charge < -0.3 is 10.2 Å². The van der Waals surface area contributed by atoms with Gasteiger partial charge in [0.1, 0.15) is 12.6 Å². The number of sulfonamides is 1. The number of carbonyl (C=O) groups excluding carboxylic acids is 2. The summed E-state index contributed by atoms with van der Waals surface area (Å²) in [6.07, 6.45) is 1.33. The summed E-state index contributed by atoms with van der Waals surface area (Å²) in [6.45, 7) is 1.32. The average molecular weight is 521 g/mol. The van der Waals surface area contributed by atoms with E-state index in [0.717, 1.165) is 10.6 Å². The van der Waals surface area contributed by atoms with Crippen LogP contribution in [0.4, 0.5) is 5.69 Å². The van der Waals surface area contributed by atoms with Gasteiger partial charge in [0.05, 0.1) is 22.0 Å². The van der Waals surface area contributed by atoms with Crippen LogP contribution in [0.5, 0.6) is 0 Å². The molecule has 2 amide bonds. The number of nitrogens with zero attached hydrogens (tertiary/aromatic N) is 2. The minimum absolute atomic E-state index is 0.0415. The molecule has 11 heteroatoms. The van der Waals surface area contributed by atoms with Crippen molar-refractivity contribution in [3.05, 3.63) is 63.1 Å². The molecule has 7 nitrogen and oxygen atoms in total. The van der Waals surface area contributed by atoms with Crippen molar-refractivity contribution >= 4 is 62.3 Å². The van der Waals surface area contributed by atoms with Crippen LogP contribution in [0.15, 0.2) is 42.5 Å². The minimum atomic E-state index is -3.80. The second kappa shape index (κ2) is 11.2. The molecule has 32 heavy (non-hydrogen) atoms. The lowest BCUT2D eigenvalue weighted by atomic mass is 10.1. The molecule has 0 saturated carbocycles. The Bertz CT molecular complexity index is 1080. The largest absolute Gasteiger partial charge is 0.357 e. The highest BCUT2D eigenvalue weighted by Gasteiger charge is 2.31. The summed E-state index contributed by atoms with van der Waals surface area (Å²) in [5, 5.41) is 3.65. The lowest BCUT2D eigenvalue weighted by Crippen LogP contribution is -2.51. The molecule has 0 bridgehead atoms. The number of rotatable bonds is 9. The van der Waals surface area contributed by atoms with E-state index in [1.807, 2.05) is 0 Å². The van der Waals surface area contributed by atoms with Crippen LogP contribution >= 0.6 is 34.8 Å². The number of nitrogens with one attached hydrogen (secondary N) is 1. The van der Waals surface area contributed by atoms with Crippen LogP contribution in [-0.4, -0.2) is 51.0 Å². The number of hydrogen-bond acceptors (Lipinski definition) is 4. The molecule has 0 saturated heterocycles. The second-order valence-corrected chi connectivity index (χ2v) is 10.2. The first kappa shape index (κ1) is 26.3. The summed E-state index contributed by atoms with van der Waals surface area (Å²) < 4.78 is 25.9. The molecule has 0 aromatic heterocycles. The maximum absolute atomic E-state index is 13.4. The Balaban J connectivity index is 2.43. The van der Waals surface area contributed by atoms with Crippen LogP contribution in [-0.2, 0) is 26.2 Å². The third kappa shape index (κ3) is 6.75. The van der Waals surface area contributed by atoms with Crippen molar-refractivity contribution in [2.75, 3.05) is 24.2 Å². The summed E-state index contributed by atoms with van der Waals surface area (Å²) in [5.41, 5.74) is 0.931. The fraction of sp³-hybridized carbons (Fsp3) is 0.333. The van der Waals surface area contributed by atoms with E-state index in [-0.39, 0.29) is 18.1 Å². The third-order valence-electron chi connectivity index (χ3n) is 4.76. The van der Waals surface area contributed by atoms with Crippen LogP contribution in [0.2, 0.25) is 15.1 Å². The van der Waals surface area contributed by atoms with Gasteiger partial charge in [0.15, 0.2) is 0 Å². The first-order valence-electron chi connectivity index (χ1n) is 9.66. The van der Waals surface area contributed by atoms with Crippen molar-refractivity contribution in [3.8, 4) is 0 Å². The zero-order valence-electron chi connectivity index (χ0n) is 17.8. The normalized spacial score (nSPS) is 12.2. The second-order valence-electron chi connectivity index (χ2n) is 7.05. The Kier molecular flexibility index (Phi) is 9.21. The fourth-order valence-corrected chi connectivity index (χ4v) is 4.44. The Labute approximate surface area is 203 Å². The molecule has 0 aliphatic heterocycles. The van der Waals surface area contributed by atoms with E-state index in [2.05, 4.69) is 5.32 Å². The molecule has 0 aliphatic carbocycles. The zero-order chi connectivity index (χ0) is 24.1. The molecule has 0 aliphatic rings. The van der Waals surface area contributed by atoms with Crippen LogP contribution in [0.1, 0.15) is 18.9 Å². The quantitative estimate of drug-likeness (QED) is 0.542. The van der Waals surface area contributed by atoms with E-state index in [0.29, 0.717) is 27.1 Å². The average Bonchev–Trinajstić information content (AvgIpc) is 2.74. The van der Waals surface area contributed by atoms with E-state index in [4.69, 9.17) is 34.8 Å². The van der Waals surface area contributed by atoms with Gasteiger partial charge in [-0.15, -0.1) is 0 Å². The van der Waals surface area contributed by atoms with Crippen LogP contribution in [0.3, 0.4) is 0 Å². The van der Waals surface area contributed by atoms with Gasteiger partial charge in [-0.05, 0) is 48.4 Å². The third-order valence-corrected chi connectivity index (χ3v) is 6.89. The number of benzene rings is 2. The van der Waals surface area contributed by atoms with Gasteiger partial charge in [0.2, 0.25) is 21.8 Å². The maximum atomic E-state index is 13.4. The van der Waals surface area contributed by atoms with E-state index in [1.54, 1.807) is 25.1 Å². The molecule has 1 atom stereocenters. The van der Waals surface area contributed by atoms with Crippen LogP contribution in [0.25, 0.3) is 0 Å². The molecule has 0 radical (unpaired) electrons. The van der Waals surface area contributed by atoms with Crippen molar-refractivity contribution in [1.82, 2.24) is 10.2 Å². The van der Waals surface area contributed by atoms with Crippen molar-refractivity contribution < 1.29 is 18.0 Å². The Hall–Kier alpha value is -2.00. The van der Waals surface area contributed by atoms with Crippen molar-refractivity contribution in [2.24, 2.45) is 0 Å². The summed E-state index contributed by atoms with van der Waals surface area (Å²) in [7, 11) is -2.32. The highest BCUT2D eigenvalue weighted by molar-refractivity contribution is 7.92. The molecular weight excluding hydrogens is 497 g/mol. The summed E-state index contributed by atoms with van der Waals surface area (Å²) in [5.74, 6) is -0.912.